The Morgan fingerprint density at radius 1 is 1.09 bits per heavy atom. The van der Waals surface area contributed by atoms with Crippen molar-refractivity contribution in [3.63, 3.8) is 0 Å². The van der Waals surface area contributed by atoms with Crippen LogP contribution in [-0.2, 0) is 0 Å². The predicted octanol–water partition coefficient (Wildman–Crippen LogP) is 2.29. The van der Waals surface area contributed by atoms with E-state index in [4.69, 9.17) is 0 Å². The number of benzene rings is 2. The molecule has 3 aromatic rings. The molecule has 0 radical (unpaired) electrons. The molecule has 2 aromatic carbocycles. The Balaban J connectivity index is 1.95. The number of anilines is 2. The maximum Gasteiger partial charge on any atom is 0.134 e. The Hall–Kier alpha value is -3.08. The smallest absolute Gasteiger partial charge is 0.134 e. The van der Waals surface area contributed by atoms with E-state index < -0.39 is 5.97 Å². The molecule has 5 heteroatoms. The topological polar surface area (TPSA) is 70.0 Å². The zero-order chi connectivity index (χ0) is 15.5. The molecule has 0 unspecified atom stereocenters. The molecule has 0 fully saturated rings. The summed E-state index contributed by atoms with van der Waals surface area (Å²) < 4.78 is 1.74. The number of carbonyl (C=O) groups is 1. The molecule has 0 bridgehead atoms. The van der Waals surface area contributed by atoms with Crippen LogP contribution in [-0.4, -0.2) is 15.7 Å². The lowest BCUT2D eigenvalue weighted by atomic mass is 10.2. The molecule has 3 rings (SSSR count). The Morgan fingerprint density at radius 3 is 2.41 bits per heavy atom. The monoisotopic (exact) mass is 292 g/mol. The van der Waals surface area contributed by atoms with Crippen LogP contribution in [0.5, 0.6) is 0 Å². The largest absolute Gasteiger partial charge is 0.545 e. The van der Waals surface area contributed by atoms with Gasteiger partial charge in [-0.15, -0.1) is 0 Å². The van der Waals surface area contributed by atoms with E-state index in [0.29, 0.717) is 0 Å². The van der Waals surface area contributed by atoms with Crippen molar-refractivity contribution >= 4 is 17.5 Å². The van der Waals surface area contributed by atoms with Gasteiger partial charge in [-0.05, 0) is 36.8 Å². The highest BCUT2D eigenvalue weighted by Crippen LogP contribution is 2.21. The number of hydrogen-bond donors (Lipinski definition) is 1. The van der Waals surface area contributed by atoms with Gasteiger partial charge in [-0.3, -0.25) is 0 Å². The third kappa shape index (κ3) is 2.83. The fourth-order valence-electron chi connectivity index (χ4n) is 2.19. The molecule has 5 nitrogen and oxygen atoms in total. The molecular formula is C17H14N3O2-. The number of carboxylic acids is 1. The molecular weight excluding hydrogens is 278 g/mol. The maximum absolute atomic E-state index is 10.8. The number of aromatic nitrogens is 2. The lowest BCUT2D eigenvalue weighted by Gasteiger charge is -2.10. The molecule has 0 spiro atoms. The van der Waals surface area contributed by atoms with E-state index in [1.807, 2.05) is 43.3 Å². The van der Waals surface area contributed by atoms with E-state index >= 15 is 0 Å². The number of aromatic carboxylic acids is 1. The summed E-state index contributed by atoms with van der Waals surface area (Å²) in [5, 5.41) is 18.6. The van der Waals surface area contributed by atoms with E-state index in [1.165, 1.54) is 12.1 Å². The summed E-state index contributed by atoms with van der Waals surface area (Å²) in [6, 6.07) is 18.1. The second-order valence-corrected chi connectivity index (χ2v) is 4.91. The fourth-order valence-corrected chi connectivity index (χ4v) is 2.19. The van der Waals surface area contributed by atoms with Crippen molar-refractivity contribution in [2.75, 3.05) is 5.32 Å². The normalized spacial score (nSPS) is 10.4. The Labute approximate surface area is 127 Å². The third-order valence-electron chi connectivity index (χ3n) is 3.23. The Kier molecular flexibility index (Phi) is 3.62. The summed E-state index contributed by atoms with van der Waals surface area (Å²) in [4.78, 5) is 10.8. The number of carbonyl (C=O) groups excluding carboxylic acids is 1. The molecule has 0 aliphatic rings. The van der Waals surface area contributed by atoms with Gasteiger partial charge in [-0.2, -0.15) is 5.10 Å². The molecule has 0 aliphatic carbocycles. The highest BCUT2D eigenvalue weighted by atomic mass is 16.4. The molecule has 1 N–H and O–H groups in total. The van der Waals surface area contributed by atoms with Crippen molar-refractivity contribution < 1.29 is 9.90 Å². The summed E-state index contributed by atoms with van der Waals surface area (Å²) in [6.45, 7) is 1.90. The van der Waals surface area contributed by atoms with Crippen molar-refractivity contribution in [3.8, 4) is 5.69 Å². The van der Waals surface area contributed by atoms with Gasteiger partial charge in [0.25, 0.3) is 0 Å². The van der Waals surface area contributed by atoms with Crippen molar-refractivity contribution in [2.24, 2.45) is 0 Å². The van der Waals surface area contributed by atoms with Crippen molar-refractivity contribution in [3.05, 3.63) is 71.9 Å². The van der Waals surface area contributed by atoms with Gasteiger partial charge in [0.2, 0.25) is 0 Å². The second-order valence-electron chi connectivity index (χ2n) is 4.91. The highest BCUT2D eigenvalue weighted by molar-refractivity contribution is 5.86. The zero-order valence-electron chi connectivity index (χ0n) is 12.0. The van der Waals surface area contributed by atoms with E-state index in [1.54, 1.807) is 16.8 Å². The SMILES string of the molecule is Cc1cc(Nc2ccccc2)n(-c2ccc(C(=O)[O-])cc2)n1. The van der Waals surface area contributed by atoms with E-state index in [-0.39, 0.29) is 5.56 Å². The van der Waals surface area contributed by atoms with Gasteiger partial charge in [-0.1, -0.05) is 30.3 Å². The van der Waals surface area contributed by atoms with Gasteiger partial charge in [0.15, 0.2) is 0 Å². The summed E-state index contributed by atoms with van der Waals surface area (Å²) in [5.41, 5.74) is 2.74. The molecule has 0 amide bonds. The first-order valence-corrected chi connectivity index (χ1v) is 6.84. The van der Waals surface area contributed by atoms with Gasteiger partial charge in [0.05, 0.1) is 17.4 Å². The van der Waals surface area contributed by atoms with Gasteiger partial charge in [0.1, 0.15) is 5.82 Å². The summed E-state index contributed by atoms with van der Waals surface area (Å²) >= 11 is 0. The average molecular weight is 292 g/mol. The number of nitrogens with zero attached hydrogens (tertiary/aromatic N) is 2. The van der Waals surface area contributed by atoms with Crippen LogP contribution in [0.2, 0.25) is 0 Å². The molecule has 22 heavy (non-hydrogen) atoms. The molecule has 0 saturated carbocycles. The first-order valence-electron chi connectivity index (χ1n) is 6.84. The predicted molar refractivity (Wildman–Crippen MR) is 82.4 cm³/mol. The quantitative estimate of drug-likeness (QED) is 0.801. The van der Waals surface area contributed by atoms with E-state index in [2.05, 4.69) is 10.4 Å². The maximum atomic E-state index is 10.8. The molecule has 0 saturated heterocycles. The summed E-state index contributed by atoms with van der Waals surface area (Å²) in [6.07, 6.45) is 0. The van der Waals surface area contributed by atoms with Crippen molar-refractivity contribution in [2.45, 2.75) is 6.92 Å². The van der Waals surface area contributed by atoms with E-state index in [9.17, 15) is 9.90 Å². The molecule has 1 aromatic heterocycles. The molecule has 0 aliphatic heterocycles. The lowest BCUT2D eigenvalue weighted by Crippen LogP contribution is -2.22. The number of carboxylic acid groups (broad SMARTS) is 1. The minimum absolute atomic E-state index is 0.144. The van der Waals surface area contributed by atoms with Crippen LogP contribution in [0.25, 0.3) is 5.69 Å². The van der Waals surface area contributed by atoms with Gasteiger partial charge < -0.3 is 15.2 Å². The number of para-hydroxylation sites is 1. The van der Waals surface area contributed by atoms with Gasteiger partial charge in [0, 0.05) is 11.8 Å². The van der Waals surface area contributed by atoms with Crippen LogP contribution < -0.4 is 10.4 Å². The van der Waals surface area contributed by atoms with Crippen LogP contribution in [0.1, 0.15) is 16.1 Å². The molecule has 110 valence electrons. The van der Waals surface area contributed by atoms with Crippen molar-refractivity contribution in [1.82, 2.24) is 9.78 Å². The minimum atomic E-state index is -1.19. The van der Waals surface area contributed by atoms with Crippen LogP contribution >= 0.6 is 0 Å². The van der Waals surface area contributed by atoms with Crippen LogP contribution in [0.15, 0.2) is 60.7 Å². The first-order chi connectivity index (χ1) is 10.6. The Bertz CT molecular complexity index is 793. The van der Waals surface area contributed by atoms with Gasteiger partial charge >= 0.3 is 0 Å². The van der Waals surface area contributed by atoms with E-state index in [0.717, 1.165) is 22.9 Å². The van der Waals surface area contributed by atoms with Crippen LogP contribution in [0.4, 0.5) is 11.5 Å². The second kappa shape index (κ2) is 5.73. The van der Waals surface area contributed by atoms with Crippen molar-refractivity contribution in [1.29, 1.82) is 0 Å². The average Bonchev–Trinajstić information content (AvgIpc) is 2.89. The number of aryl methyl sites for hydroxylation is 1. The number of rotatable bonds is 4. The standard InChI is InChI=1S/C17H15N3O2/c1-12-11-16(18-14-5-3-2-4-6-14)20(19-12)15-9-7-13(8-10-15)17(21)22/h2-11,18H,1H3,(H,21,22)/p-1. The third-order valence-corrected chi connectivity index (χ3v) is 3.23. The lowest BCUT2D eigenvalue weighted by molar-refractivity contribution is -0.255. The number of nitrogens with one attached hydrogen (secondary N) is 1. The van der Waals surface area contributed by atoms with Gasteiger partial charge in [-0.25, -0.2) is 4.68 Å². The zero-order valence-corrected chi connectivity index (χ0v) is 12.0. The molecule has 0 atom stereocenters. The minimum Gasteiger partial charge on any atom is -0.545 e. The first kappa shape index (κ1) is 13.9. The highest BCUT2D eigenvalue weighted by Gasteiger charge is 2.08. The molecule has 1 heterocycles. The van der Waals surface area contributed by atoms with Crippen LogP contribution in [0, 0.1) is 6.92 Å². The fraction of sp³-hybridized carbons (Fsp3) is 0.0588. The number of hydrogen-bond acceptors (Lipinski definition) is 4. The van der Waals surface area contributed by atoms with Crippen LogP contribution in [0.3, 0.4) is 0 Å². The summed E-state index contributed by atoms with van der Waals surface area (Å²) in [7, 11) is 0. The summed E-state index contributed by atoms with van der Waals surface area (Å²) in [5.74, 6) is -0.379. The Morgan fingerprint density at radius 2 is 1.77 bits per heavy atom.